The van der Waals surface area contributed by atoms with Gasteiger partial charge in [-0.2, -0.15) is 0 Å². The Morgan fingerprint density at radius 3 is 2.52 bits per heavy atom. The summed E-state index contributed by atoms with van der Waals surface area (Å²) in [6.45, 7) is 3.22. The highest BCUT2D eigenvalue weighted by Crippen LogP contribution is 2.20. The molecule has 0 atom stereocenters. The van der Waals surface area contributed by atoms with Crippen molar-refractivity contribution in [3.05, 3.63) is 41.5 Å². The summed E-state index contributed by atoms with van der Waals surface area (Å²) in [5.41, 5.74) is 2.37. The van der Waals surface area contributed by atoms with Gasteiger partial charge in [-0.1, -0.05) is 23.8 Å². The van der Waals surface area contributed by atoms with Gasteiger partial charge in [-0.15, -0.1) is 0 Å². The van der Waals surface area contributed by atoms with Gasteiger partial charge in [0.2, 0.25) is 5.91 Å². The molecule has 0 aromatic heterocycles. The lowest BCUT2D eigenvalue weighted by Crippen LogP contribution is -2.35. The van der Waals surface area contributed by atoms with Crippen LogP contribution in [0.15, 0.2) is 35.9 Å². The fourth-order valence-corrected chi connectivity index (χ4v) is 3.26. The molecular weight excluding hydrogens is 342 g/mol. The van der Waals surface area contributed by atoms with Gasteiger partial charge in [-0.25, -0.2) is 0 Å². The zero-order chi connectivity index (χ0) is 19.5. The Balaban J connectivity index is 1.95. The molecule has 1 aliphatic rings. The highest BCUT2D eigenvalue weighted by atomic mass is 16.5. The number of nitrogens with zero attached hydrogens (tertiary/aromatic N) is 1. The summed E-state index contributed by atoms with van der Waals surface area (Å²) in [6, 6.07) is 7.53. The number of carbonyl (C=O) groups is 2. The molecule has 0 spiro atoms. The summed E-state index contributed by atoms with van der Waals surface area (Å²) < 4.78 is 10.2. The molecule has 0 aliphatic heterocycles. The van der Waals surface area contributed by atoms with Crippen molar-refractivity contribution in [3.63, 3.8) is 0 Å². The summed E-state index contributed by atoms with van der Waals surface area (Å²) in [4.78, 5) is 26.4. The van der Waals surface area contributed by atoms with Crippen LogP contribution in [0.4, 0.5) is 0 Å². The molecular formula is C22H31NO4. The van der Waals surface area contributed by atoms with E-state index in [1.165, 1.54) is 18.4 Å². The van der Waals surface area contributed by atoms with Crippen LogP contribution in [0.5, 0.6) is 5.75 Å². The van der Waals surface area contributed by atoms with Crippen LogP contribution < -0.4 is 4.74 Å². The van der Waals surface area contributed by atoms with Gasteiger partial charge in [0.15, 0.2) is 0 Å². The maximum atomic E-state index is 12.8. The van der Waals surface area contributed by atoms with Gasteiger partial charge in [-0.05, 0) is 56.7 Å². The number of ether oxygens (including phenoxy) is 2. The standard InChI is InChI=1S/C22H31NO4/c1-3-27-22(25)14-16-23(15-13-18-7-5-4-6-8-18)21(24)17-19-9-11-20(26-2)12-10-19/h7,9-12H,3-6,8,13-17H2,1-2H3. The van der Waals surface area contributed by atoms with E-state index >= 15 is 0 Å². The van der Waals surface area contributed by atoms with Crippen LogP contribution in [0.25, 0.3) is 0 Å². The molecule has 0 fully saturated rings. The lowest BCUT2D eigenvalue weighted by Gasteiger charge is -2.24. The van der Waals surface area contributed by atoms with Gasteiger partial charge in [-0.3, -0.25) is 9.59 Å². The number of methoxy groups -OCH3 is 1. The first-order chi connectivity index (χ1) is 13.1. The Labute approximate surface area is 162 Å². The predicted molar refractivity (Wildman–Crippen MR) is 106 cm³/mol. The topological polar surface area (TPSA) is 55.8 Å². The molecule has 2 rings (SSSR count). The first-order valence-corrected chi connectivity index (χ1v) is 9.86. The van der Waals surface area contributed by atoms with E-state index in [1.807, 2.05) is 24.3 Å². The number of allylic oxidation sites excluding steroid dienone is 1. The highest BCUT2D eigenvalue weighted by Gasteiger charge is 2.17. The molecule has 1 amide bonds. The maximum absolute atomic E-state index is 12.8. The smallest absolute Gasteiger partial charge is 0.307 e. The summed E-state index contributed by atoms with van der Waals surface area (Å²) in [7, 11) is 1.62. The predicted octanol–water partition coefficient (Wildman–Crippen LogP) is 3.91. The van der Waals surface area contributed by atoms with Crippen molar-refractivity contribution >= 4 is 11.9 Å². The molecule has 5 nitrogen and oxygen atoms in total. The Kier molecular flexibility index (Phi) is 8.89. The first-order valence-electron chi connectivity index (χ1n) is 9.86. The van der Waals surface area contributed by atoms with Crippen LogP contribution in [0.3, 0.4) is 0 Å². The Hall–Kier alpha value is -2.30. The van der Waals surface area contributed by atoms with E-state index in [1.54, 1.807) is 18.9 Å². The van der Waals surface area contributed by atoms with Gasteiger partial charge in [0.1, 0.15) is 5.75 Å². The third-order valence-electron chi connectivity index (χ3n) is 4.85. The number of hydrogen-bond acceptors (Lipinski definition) is 4. The molecule has 27 heavy (non-hydrogen) atoms. The minimum Gasteiger partial charge on any atom is -0.497 e. The molecule has 1 aliphatic carbocycles. The van der Waals surface area contributed by atoms with Crippen LogP contribution in [0.2, 0.25) is 0 Å². The Morgan fingerprint density at radius 2 is 1.89 bits per heavy atom. The summed E-state index contributed by atoms with van der Waals surface area (Å²) in [6.07, 6.45) is 8.50. The van der Waals surface area contributed by atoms with E-state index in [0.29, 0.717) is 26.1 Å². The molecule has 1 aromatic rings. The zero-order valence-corrected chi connectivity index (χ0v) is 16.5. The third-order valence-corrected chi connectivity index (χ3v) is 4.85. The average Bonchev–Trinajstić information content (AvgIpc) is 2.69. The Morgan fingerprint density at radius 1 is 1.11 bits per heavy atom. The van der Waals surface area contributed by atoms with E-state index < -0.39 is 0 Å². The van der Waals surface area contributed by atoms with Crippen molar-refractivity contribution < 1.29 is 19.1 Å². The normalized spacial score (nSPS) is 13.6. The molecule has 0 saturated carbocycles. The third kappa shape index (κ3) is 7.45. The lowest BCUT2D eigenvalue weighted by molar-refractivity contribution is -0.144. The number of benzene rings is 1. The summed E-state index contributed by atoms with van der Waals surface area (Å²) in [5, 5.41) is 0. The van der Waals surface area contributed by atoms with E-state index in [4.69, 9.17) is 9.47 Å². The van der Waals surface area contributed by atoms with E-state index in [0.717, 1.165) is 30.6 Å². The zero-order valence-electron chi connectivity index (χ0n) is 16.5. The van der Waals surface area contributed by atoms with Crippen LogP contribution in [-0.2, 0) is 20.7 Å². The number of carbonyl (C=O) groups excluding carboxylic acids is 2. The lowest BCUT2D eigenvalue weighted by atomic mass is 9.97. The van der Waals surface area contributed by atoms with Gasteiger partial charge in [0, 0.05) is 13.1 Å². The van der Waals surface area contributed by atoms with Crippen molar-refractivity contribution in [3.8, 4) is 5.75 Å². The minimum absolute atomic E-state index is 0.0425. The fraction of sp³-hybridized carbons (Fsp3) is 0.545. The van der Waals surface area contributed by atoms with E-state index in [-0.39, 0.29) is 18.3 Å². The Bertz CT molecular complexity index is 636. The molecule has 0 radical (unpaired) electrons. The number of esters is 1. The fourth-order valence-electron chi connectivity index (χ4n) is 3.26. The first kappa shape index (κ1) is 21.0. The number of hydrogen-bond donors (Lipinski definition) is 0. The SMILES string of the molecule is CCOC(=O)CCN(CCC1=CCCCC1)C(=O)Cc1ccc(OC)cc1. The van der Waals surface area contributed by atoms with Gasteiger partial charge < -0.3 is 14.4 Å². The quantitative estimate of drug-likeness (QED) is 0.461. The van der Waals surface area contributed by atoms with Crippen LogP contribution >= 0.6 is 0 Å². The summed E-state index contributed by atoms with van der Waals surface area (Å²) >= 11 is 0. The van der Waals surface area contributed by atoms with Gasteiger partial charge in [0.05, 0.1) is 26.6 Å². The highest BCUT2D eigenvalue weighted by molar-refractivity contribution is 5.79. The second-order valence-electron chi connectivity index (χ2n) is 6.82. The monoisotopic (exact) mass is 373 g/mol. The molecule has 5 heteroatoms. The molecule has 1 aromatic carbocycles. The van der Waals surface area contributed by atoms with Crippen LogP contribution in [0, 0.1) is 0 Å². The number of rotatable bonds is 10. The molecule has 148 valence electrons. The molecule has 0 N–H and O–H groups in total. The van der Waals surface area contributed by atoms with E-state index in [9.17, 15) is 9.59 Å². The molecule has 0 heterocycles. The average molecular weight is 373 g/mol. The van der Waals surface area contributed by atoms with Crippen LogP contribution in [-0.4, -0.2) is 43.6 Å². The molecule has 0 unspecified atom stereocenters. The van der Waals surface area contributed by atoms with Crippen molar-refractivity contribution in [2.24, 2.45) is 0 Å². The summed E-state index contributed by atoms with van der Waals surface area (Å²) in [5.74, 6) is 0.562. The molecule has 0 bridgehead atoms. The van der Waals surface area contributed by atoms with Crippen LogP contribution in [0.1, 0.15) is 51.0 Å². The second-order valence-corrected chi connectivity index (χ2v) is 6.82. The number of amides is 1. The van der Waals surface area contributed by atoms with E-state index in [2.05, 4.69) is 6.08 Å². The van der Waals surface area contributed by atoms with Crippen molar-refractivity contribution in [1.82, 2.24) is 4.90 Å². The maximum Gasteiger partial charge on any atom is 0.307 e. The van der Waals surface area contributed by atoms with Crippen molar-refractivity contribution in [1.29, 1.82) is 0 Å². The largest absolute Gasteiger partial charge is 0.497 e. The van der Waals surface area contributed by atoms with Gasteiger partial charge in [0.25, 0.3) is 0 Å². The second kappa shape index (κ2) is 11.4. The van der Waals surface area contributed by atoms with Gasteiger partial charge >= 0.3 is 5.97 Å². The van der Waals surface area contributed by atoms with Crippen molar-refractivity contribution in [2.45, 2.75) is 51.9 Å². The molecule has 0 saturated heterocycles. The minimum atomic E-state index is -0.253. The van der Waals surface area contributed by atoms with Crippen molar-refractivity contribution in [2.75, 3.05) is 26.8 Å².